The van der Waals surface area contributed by atoms with Gasteiger partial charge in [-0.25, -0.2) is 8.42 Å². The number of nitrogens with one attached hydrogen (secondary N) is 1. The number of carbonyl (C=O) groups is 2. The lowest BCUT2D eigenvalue weighted by Gasteiger charge is -2.33. The molecule has 0 spiro atoms. The second kappa shape index (κ2) is 13.5. The zero-order valence-electron chi connectivity index (χ0n) is 21.0. The van der Waals surface area contributed by atoms with Crippen molar-refractivity contribution in [2.75, 3.05) is 30.2 Å². The predicted octanol–water partition coefficient (Wildman–Crippen LogP) is 4.18. The number of benzene rings is 2. The molecule has 0 bridgehead atoms. The maximum absolute atomic E-state index is 13.6. The van der Waals surface area contributed by atoms with Crippen molar-refractivity contribution in [3.8, 4) is 0 Å². The van der Waals surface area contributed by atoms with Gasteiger partial charge in [-0.2, -0.15) is 0 Å². The molecule has 0 aliphatic carbocycles. The third kappa shape index (κ3) is 8.54. The molecule has 1 N–H and O–H groups in total. The fraction of sp³-hybridized carbons (Fsp3) is 0.462. The Morgan fingerprint density at radius 3 is 2.34 bits per heavy atom. The van der Waals surface area contributed by atoms with Crippen LogP contribution in [0.1, 0.15) is 44.2 Å². The molecule has 0 saturated carbocycles. The molecule has 0 aromatic heterocycles. The molecule has 9 heteroatoms. The van der Waals surface area contributed by atoms with Gasteiger partial charge in [-0.1, -0.05) is 62.2 Å². The minimum absolute atomic E-state index is 0.226. The van der Waals surface area contributed by atoms with Crippen LogP contribution in [-0.4, -0.2) is 57.1 Å². The van der Waals surface area contributed by atoms with Crippen LogP contribution in [0.15, 0.2) is 48.5 Å². The Kier molecular flexibility index (Phi) is 11.0. The summed E-state index contributed by atoms with van der Waals surface area (Å²) < 4.78 is 26.5. The van der Waals surface area contributed by atoms with E-state index in [1.54, 1.807) is 25.1 Å². The monoisotopic (exact) mass is 521 g/mol. The molecule has 0 aliphatic rings. The molecule has 0 radical (unpaired) electrons. The van der Waals surface area contributed by atoms with Gasteiger partial charge in [-0.05, 0) is 55.5 Å². The van der Waals surface area contributed by atoms with Crippen molar-refractivity contribution in [1.82, 2.24) is 10.2 Å². The minimum atomic E-state index is -3.78. The summed E-state index contributed by atoms with van der Waals surface area (Å²) in [6.45, 7) is 6.05. The molecule has 7 nitrogen and oxygen atoms in total. The SMILES string of the molecule is CCCCNC(=O)[C@H](CC)N(CCc1ccccc1)C(=O)CN(c1ccc(Cl)cc1C)S(C)(=O)=O. The number of sulfonamides is 1. The number of nitrogens with zero attached hydrogens (tertiary/aromatic N) is 2. The summed E-state index contributed by atoms with van der Waals surface area (Å²) in [7, 11) is -3.78. The summed E-state index contributed by atoms with van der Waals surface area (Å²) in [6, 6.07) is 13.8. The number of unbranched alkanes of at least 4 members (excludes halogenated alkanes) is 1. The second-order valence-electron chi connectivity index (χ2n) is 8.59. The van der Waals surface area contributed by atoms with E-state index in [1.165, 1.54) is 4.90 Å². The Morgan fingerprint density at radius 2 is 1.77 bits per heavy atom. The predicted molar refractivity (Wildman–Crippen MR) is 142 cm³/mol. The van der Waals surface area contributed by atoms with Gasteiger partial charge in [-0.15, -0.1) is 0 Å². The first-order chi connectivity index (χ1) is 16.6. The van der Waals surface area contributed by atoms with Gasteiger partial charge in [0.05, 0.1) is 11.9 Å². The van der Waals surface area contributed by atoms with Crippen molar-refractivity contribution in [2.24, 2.45) is 0 Å². The van der Waals surface area contributed by atoms with E-state index in [1.807, 2.05) is 44.2 Å². The smallest absolute Gasteiger partial charge is 0.244 e. The zero-order valence-corrected chi connectivity index (χ0v) is 22.5. The number of amides is 2. The van der Waals surface area contributed by atoms with Crippen LogP contribution in [0.2, 0.25) is 5.02 Å². The largest absolute Gasteiger partial charge is 0.354 e. The summed E-state index contributed by atoms with van der Waals surface area (Å²) in [6.07, 6.45) is 3.81. The molecule has 0 unspecified atom stereocenters. The summed E-state index contributed by atoms with van der Waals surface area (Å²) in [5, 5.41) is 3.40. The fourth-order valence-electron chi connectivity index (χ4n) is 3.90. The highest BCUT2D eigenvalue weighted by atomic mass is 35.5. The van der Waals surface area contributed by atoms with Crippen molar-refractivity contribution >= 4 is 39.1 Å². The molecule has 2 rings (SSSR count). The average Bonchev–Trinajstić information content (AvgIpc) is 2.80. The molecule has 2 amide bonds. The van der Waals surface area contributed by atoms with Gasteiger partial charge < -0.3 is 10.2 Å². The molecule has 2 aromatic carbocycles. The third-order valence-electron chi connectivity index (χ3n) is 5.81. The van der Waals surface area contributed by atoms with Crippen molar-refractivity contribution in [3.63, 3.8) is 0 Å². The maximum atomic E-state index is 13.6. The lowest BCUT2D eigenvalue weighted by Crippen LogP contribution is -2.53. The molecule has 0 aliphatic heterocycles. The van der Waals surface area contributed by atoms with Crippen LogP contribution in [0.4, 0.5) is 5.69 Å². The highest BCUT2D eigenvalue weighted by molar-refractivity contribution is 7.92. The topological polar surface area (TPSA) is 86.8 Å². The van der Waals surface area contributed by atoms with E-state index in [0.717, 1.165) is 29.0 Å². The maximum Gasteiger partial charge on any atom is 0.244 e. The minimum Gasteiger partial charge on any atom is -0.354 e. The first-order valence-electron chi connectivity index (χ1n) is 11.9. The molecule has 0 saturated heterocycles. The van der Waals surface area contributed by atoms with Crippen LogP contribution in [0.5, 0.6) is 0 Å². The number of aryl methyl sites for hydroxylation is 1. The second-order valence-corrected chi connectivity index (χ2v) is 10.9. The Hall–Kier alpha value is -2.58. The van der Waals surface area contributed by atoms with Crippen molar-refractivity contribution in [3.05, 3.63) is 64.7 Å². The molecule has 0 fully saturated rings. The molecular weight excluding hydrogens is 486 g/mol. The van der Waals surface area contributed by atoms with E-state index in [4.69, 9.17) is 11.6 Å². The van der Waals surface area contributed by atoms with Gasteiger partial charge >= 0.3 is 0 Å². The number of carbonyl (C=O) groups excluding carboxylic acids is 2. The quantitative estimate of drug-likeness (QED) is 0.400. The number of halogens is 1. The van der Waals surface area contributed by atoms with Crippen LogP contribution >= 0.6 is 11.6 Å². The van der Waals surface area contributed by atoms with Crippen LogP contribution < -0.4 is 9.62 Å². The summed E-state index contributed by atoms with van der Waals surface area (Å²) in [4.78, 5) is 28.1. The van der Waals surface area contributed by atoms with Crippen LogP contribution in [-0.2, 0) is 26.0 Å². The van der Waals surface area contributed by atoms with Crippen molar-refractivity contribution in [2.45, 2.75) is 52.5 Å². The van der Waals surface area contributed by atoms with Crippen LogP contribution in [0.3, 0.4) is 0 Å². The lowest BCUT2D eigenvalue weighted by atomic mass is 10.1. The van der Waals surface area contributed by atoms with Crippen LogP contribution in [0, 0.1) is 6.92 Å². The highest BCUT2D eigenvalue weighted by Gasteiger charge is 2.31. The number of hydrogen-bond donors (Lipinski definition) is 1. The lowest BCUT2D eigenvalue weighted by molar-refractivity contribution is -0.139. The van der Waals surface area contributed by atoms with E-state index in [9.17, 15) is 18.0 Å². The van der Waals surface area contributed by atoms with Gasteiger partial charge in [0.1, 0.15) is 12.6 Å². The van der Waals surface area contributed by atoms with Gasteiger partial charge in [0.15, 0.2) is 0 Å². The van der Waals surface area contributed by atoms with E-state index in [2.05, 4.69) is 5.32 Å². The molecule has 35 heavy (non-hydrogen) atoms. The zero-order chi connectivity index (χ0) is 26.0. The van der Waals surface area contributed by atoms with Crippen molar-refractivity contribution < 1.29 is 18.0 Å². The van der Waals surface area contributed by atoms with E-state index in [0.29, 0.717) is 42.2 Å². The van der Waals surface area contributed by atoms with E-state index in [-0.39, 0.29) is 5.91 Å². The molecule has 192 valence electrons. The summed E-state index contributed by atoms with van der Waals surface area (Å²) in [5.41, 5.74) is 2.05. The van der Waals surface area contributed by atoms with E-state index >= 15 is 0 Å². The number of hydrogen-bond acceptors (Lipinski definition) is 4. The van der Waals surface area contributed by atoms with Gasteiger partial charge in [0.2, 0.25) is 21.8 Å². The third-order valence-corrected chi connectivity index (χ3v) is 7.17. The molecule has 2 aromatic rings. The van der Waals surface area contributed by atoms with E-state index < -0.39 is 28.5 Å². The summed E-state index contributed by atoms with van der Waals surface area (Å²) >= 11 is 6.05. The van der Waals surface area contributed by atoms with Gasteiger partial charge in [-0.3, -0.25) is 13.9 Å². The van der Waals surface area contributed by atoms with Gasteiger partial charge in [0.25, 0.3) is 0 Å². The molecule has 1 atom stereocenters. The van der Waals surface area contributed by atoms with Crippen molar-refractivity contribution in [1.29, 1.82) is 0 Å². The first kappa shape index (κ1) is 28.7. The number of anilines is 1. The first-order valence-corrected chi connectivity index (χ1v) is 14.2. The Labute approximate surface area is 214 Å². The van der Waals surface area contributed by atoms with Gasteiger partial charge in [0, 0.05) is 18.1 Å². The Morgan fingerprint density at radius 1 is 1.09 bits per heavy atom. The Balaban J connectivity index is 2.35. The molecule has 0 heterocycles. The average molecular weight is 522 g/mol. The molecular formula is C26H36ClN3O4S. The standard InChI is InChI=1S/C26H36ClN3O4S/c1-5-7-16-28-26(32)23(6-2)29(17-15-21-11-9-8-10-12-21)25(31)19-30(35(4,33)34)24-14-13-22(27)18-20(24)3/h8-14,18,23H,5-7,15-17,19H2,1-4H3,(H,28,32)/t23-/m0/s1. The Bertz CT molecular complexity index is 1090. The van der Waals surface area contributed by atoms with Crippen LogP contribution in [0.25, 0.3) is 0 Å². The highest BCUT2D eigenvalue weighted by Crippen LogP contribution is 2.26. The fourth-order valence-corrected chi connectivity index (χ4v) is 5.03. The number of rotatable bonds is 13. The normalized spacial score (nSPS) is 12.1. The summed E-state index contributed by atoms with van der Waals surface area (Å²) in [5.74, 6) is -0.658.